The van der Waals surface area contributed by atoms with Crippen LogP contribution in [-0.4, -0.2) is 19.9 Å². The Hall–Kier alpha value is -1.68. The molecule has 18 heavy (non-hydrogen) atoms. The summed E-state index contributed by atoms with van der Waals surface area (Å²) in [5, 5.41) is 14.7. The minimum atomic E-state index is -0.529. The van der Waals surface area contributed by atoms with E-state index in [0.29, 0.717) is 6.42 Å². The van der Waals surface area contributed by atoms with Gasteiger partial charge in [0.1, 0.15) is 0 Å². The highest BCUT2D eigenvalue weighted by atomic mass is 16.3. The molecule has 0 fully saturated rings. The Balaban J connectivity index is 2.18. The van der Waals surface area contributed by atoms with Gasteiger partial charge in [-0.3, -0.25) is 9.67 Å². The van der Waals surface area contributed by atoms with Gasteiger partial charge in [-0.15, -0.1) is 0 Å². The van der Waals surface area contributed by atoms with Crippen LogP contribution >= 0.6 is 0 Å². The maximum atomic E-state index is 10.3. The average molecular weight is 245 g/mol. The van der Waals surface area contributed by atoms with Crippen molar-refractivity contribution in [3.8, 4) is 0 Å². The number of aliphatic hydroxyl groups excluding tert-OH is 1. The highest BCUT2D eigenvalue weighted by Gasteiger charge is 2.14. The monoisotopic (exact) mass is 245 g/mol. The molecule has 0 radical (unpaired) electrons. The molecule has 4 heteroatoms. The maximum Gasteiger partial charge on any atom is 0.0862 e. The van der Waals surface area contributed by atoms with Gasteiger partial charge in [-0.2, -0.15) is 5.10 Å². The van der Waals surface area contributed by atoms with Gasteiger partial charge in [-0.05, 0) is 25.5 Å². The average Bonchev–Trinajstić information content (AvgIpc) is 2.70. The molecule has 2 heterocycles. The van der Waals surface area contributed by atoms with Crippen LogP contribution in [0.15, 0.2) is 24.4 Å². The summed E-state index contributed by atoms with van der Waals surface area (Å²) in [5.74, 6) is 0. The van der Waals surface area contributed by atoms with Crippen LogP contribution in [0, 0.1) is 6.92 Å². The fourth-order valence-corrected chi connectivity index (χ4v) is 2.09. The number of aliphatic hydroxyl groups is 1. The van der Waals surface area contributed by atoms with E-state index in [1.165, 1.54) is 0 Å². The largest absolute Gasteiger partial charge is 0.388 e. The Morgan fingerprint density at radius 2 is 2.22 bits per heavy atom. The number of hydrogen-bond acceptors (Lipinski definition) is 3. The molecule has 1 atom stereocenters. The van der Waals surface area contributed by atoms with Crippen molar-refractivity contribution in [1.29, 1.82) is 0 Å². The van der Waals surface area contributed by atoms with Crippen LogP contribution in [0.3, 0.4) is 0 Å². The first-order valence-electron chi connectivity index (χ1n) is 6.23. The number of aryl methyl sites for hydroxylation is 3. The highest BCUT2D eigenvalue weighted by Crippen LogP contribution is 2.20. The molecule has 0 aliphatic heterocycles. The summed E-state index contributed by atoms with van der Waals surface area (Å²) in [4.78, 5) is 4.20. The summed E-state index contributed by atoms with van der Waals surface area (Å²) >= 11 is 0. The lowest BCUT2D eigenvalue weighted by Gasteiger charge is -2.12. The van der Waals surface area contributed by atoms with Gasteiger partial charge in [0.2, 0.25) is 0 Å². The first-order chi connectivity index (χ1) is 8.61. The second-order valence-corrected chi connectivity index (χ2v) is 4.50. The molecule has 1 unspecified atom stereocenters. The summed E-state index contributed by atoms with van der Waals surface area (Å²) in [5.41, 5.74) is 3.87. The lowest BCUT2D eigenvalue weighted by atomic mass is 10.0. The predicted molar refractivity (Wildman–Crippen MR) is 70.2 cm³/mol. The van der Waals surface area contributed by atoms with Crippen LogP contribution in [0.5, 0.6) is 0 Å². The normalized spacial score (nSPS) is 12.7. The molecular weight excluding hydrogens is 226 g/mol. The van der Waals surface area contributed by atoms with Crippen LogP contribution in [0.2, 0.25) is 0 Å². The van der Waals surface area contributed by atoms with Crippen LogP contribution in [-0.2, 0) is 19.9 Å². The van der Waals surface area contributed by atoms with Crippen molar-refractivity contribution in [3.05, 3.63) is 47.0 Å². The van der Waals surface area contributed by atoms with Gasteiger partial charge < -0.3 is 5.11 Å². The summed E-state index contributed by atoms with van der Waals surface area (Å²) in [6.07, 6.45) is 2.69. The van der Waals surface area contributed by atoms with Gasteiger partial charge in [-0.1, -0.05) is 13.0 Å². The Morgan fingerprint density at radius 1 is 1.44 bits per heavy atom. The van der Waals surface area contributed by atoms with E-state index in [9.17, 15) is 5.11 Å². The summed E-state index contributed by atoms with van der Waals surface area (Å²) in [7, 11) is 1.91. The Morgan fingerprint density at radius 3 is 2.83 bits per heavy atom. The lowest BCUT2D eigenvalue weighted by molar-refractivity contribution is 0.174. The van der Waals surface area contributed by atoms with E-state index in [0.717, 1.165) is 29.1 Å². The molecule has 0 amide bonds. The fourth-order valence-electron chi connectivity index (χ4n) is 2.09. The minimum absolute atomic E-state index is 0.529. The van der Waals surface area contributed by atoms with Gasteiger partial charge in [0.25, 0.3) is 0 Å². The lowest BCUT2D eigenvalue weighted by Crippen LogP contribution is -2.08. The van der Waals surface area contributed by atoms with E-state index in [1.807, 2.05) is 30.8 Å². The van der Waals surface area contributed by atoms with E-state index in [1.54, 1.807) is 6.20 Å². The van der Waals surface area contributed by atoms with Crippen LogP contribution in [0.4, 0.5) is 0 Å². The second kappa shape index (κ2) is 5.31. The van der Waals surface area contributed by atoms with Gasteiger partial charge in [-0.25, -0.2) is 0 Å². The molecule has 96 valence electrons. The molecule has 0 bridgehead atoms. The van der Waals surface area contributed by atoms with Gasteiger partial charge >= 0.3 is 0 Å². The summed E-state index contributed by atoms with van der Waals surface area (Å²) in [6, 6.07) is 5.82. The number of rotatable bonds is 4. The third kappa shape index (κ3) is 2.59. The molecule has 2 aromatic rings. The molecule has 2 rings (SSSR count). The molecule has 0 spiro atoms. The van der Waals surface area contributed by atoms with Crippen molar-refractivity contribution in [2.75, 3.05) is 0 Å². The first-order valence-corrected chi connectivity index (χ1v) is 6.23. The summed E-state index contributed by atoms with van der Waals surface area (Å²) in [6.45, 7) is 3.99. The predicted octanol–water partition coefficient (Wildman–Crippen LogP) is 1.96. The highest BCUT2D eigenvalue weighted by molar-refractivity contribution is 5.23. The topological polar surface area (TPSA) is 50.9 Å². The van der Waals surface area contributed by atoms with E-state index >= 15 is 0 Å². The van der Waals surface area contributed by atoms with Crippen LogP contribution < -0.4 is 0 Å². The van der Waals surface area contributed by atoms with E-state index in [4.69, 9.17) is 0 Å². The standard InChI is InChI=1S/C14H19N3O/c1-4-11-8-12(17(3)16-11)9-14(18)13-6-5-7-15-10(13)2/h5-8,14,18H,4,9H2,1-3H3. The molecule has 2 aromatic heterocycles. The SMILES string of the molecule is CCc1cc(CC(O)c2cccnc2C)n(C)n1. The zero-order valence-electron chi connectivity index (χ0n) is 11.1. The molecule has 0 aromatic carbocycles. The van der Waals surface area contributed by atoms with Crippen molar-refractivity contribution < 1.29 is 5.11 Å². The number of pyridine rings is 1. The van der Waals surface area contributed by atoms with Crippen molar-refractivity contribution >= 4 is 0 Å². The maximum absolute atomic E-state index is 10.3. The minimum Gasteiger partial charge on any atom is -0.388 e. The van der Waals surface area contributed by atoms with Gasteiger partial charge in [0.05, 0.1) is 11.8 Å². The van der Waals surface area contributed by atoms with Crippen LogP contribution in [0.25, 0.3) is 0 Å². The fraction of sp³-hybridized carbons (Fsp3) is 0.429. The molecule has 0 saturated carbocycles. The zero-order valence-corrected chi connectivity index (χ0v) is 11.1. The summed E-state index contributed by atoms with van der Waals surface area (Å²) < 4.78 is 1.84. The van der Waals surface area contributed by atoms with E-state index in [-0.39, 0.29) is 0 Å². The molecule has 0 saturated heterocycles. The number of hydrogen-bond donors (Lipinski definition) is 1. The van der Waals surface area contributed by atoms with Crippen molar-refractivity contribution in [3.63, 3.8) is 0 Å². The van der Waals surface area contributed by atoms with E-state index < -0.39 is 6.10 Å². The number of nitrogens with zero attached hydrogens (tertiary/aromatic N) is 3. The zero-order chi connectivity index (χ0) is 13.1. The third-order valence-electron chi connectivity index (χ3n) is 3.20. The molecule has 0 aliphatic rings. The molecule has 1 N–H and O–H groups in total. The molecular formula is C14H19N3O. The van der Waals surface area contributed by atoms with Crippen molar-refractivity contribution in [1.82, 2.24) is 14.8 Å². The van der Waals surface area contributed by atoms with E-state index in [2.05, 4.69) is 23.1 Å². The number of aromatic nitrogens is 3. The third-order valence-corrected chi connectivity index (χ3v) is 3.20. The van der Waals surface area contributed by atoms with Gasteiger partial charge in [0.15, 0.2) is 0 Å². The van der Waals surface area contributed by atoms with Gasteiger partial charge in [0, 0.05) is 36.6 Å². The Kier molecular flexibility index (Phi) is 3.77. The molecule has 0 aliphatic carbocycles. The first kappa shape index (κ1) is 12.8. The van der Waals surface area contributed by atoms with Crippen LogP contribution in [0.1, 0.15) is 35.7 Å². The molecule has 4 nitrogen and oxygen atoms in total. The van der Waals surface area contributed by atoms with Crippen molar-refractivity contribution in [2.45, 2.75) is 32.8 Å². The second-order valence-electron chi connectivity index (χ2n) is 4.50. The quantitative estimate of drug-likeness (QED) is 0.896. The Bertz CT molecular complexity index is 534. The Labute approximate surface area is 107 Å². The smallest absolute Gasteiger partial charge is 0.0862 e. The van der Waals surface area contributed by atoms with Crippen molar-refractivity contribution in [2.24, 2.45) is 7.05 Å².